The number of hydrogen-bond donors (Lipinski definition) is 14. The van der Waals surface area contributed by atoms with Crippen molar-refractivity contribution in [1.82, 2.24) is 57.3 Å². The number of carbonyl (C=O) groups is 14. The van der Waals surface area contributed by atoms with E-state index in [1.54, 1.807) is 48.4 Å². The van der Waals surface area contributed by atoms with Crippen LogP contribution in [0.2, 0.25) is 0 Å². The highest BCUT2D eigenvalue weighted by atomic mass is 32.1. The molecule has 7 rings (SSSR count). The van der Waals surface area contributed by atoms with Crippen molar-refractivity contribution in [3.05, 3.63) is 153 Å². The maximum Gasteiger partial charge on any atom is 0.407 e. The van der Waals surface area contributed by atoms with Crippen LogP contribution in [0.3, 0.4) is 0 Å². The Labute approximate surface area is 824 Å². The Bertz CT molecular complexity index is 4880. The summed E-state index contributed by atoms with van der Waals surface area (Å²) in [5.74, 6) is -7.79. The van der Waals surface area contributed by atoms with Gasteiger partial charge < -0.3 is 112 Å². The number of benzene rings is 4. The van der Waals surface area contributed by atoms with Gasteiger partial charge in [0.2, 0.25) is 53.2 Å². The van der Waals surface area contributed by atoms with Crippen molar-refractivity contribution in [1.29, 1.82) is 0 Å². The highest BCUT2D eigenvalue weighted by molar-refractivity contribution is 7.09. The summed E-state index contributed by atoms with van der Waals surface area (Å²) < 4.78 is 34.0. The average Bonchev–Trinajstić information content (AvgIpc) is 1.20. The van der Waals surface area contributed by atoms with Crippen molar-refractivity contribution in [3.63, 3.8) is 0 Å². The fourth-order valence-electron chi connectivity index (χ4n) is 16.0. The first kappa shape index (κ1) is 115. The number of amides is 13. The second kappa shape index (κ2) is 61.5. The average molecular weight is 1970 g/mol. The minimum absolute atomic E-state index is 0.0111. The SMILES string of the molecule is C=C(C)[C@H](NC(=O)[C@H](CCC(=O)O)NC(=O)CCOCCOCCOCCOCCNC(=O)CCC(=O)N1Cc2ccccc2/C=C\c2ccccc21)C(=O)N[C@@H](CCCNC(N)=O)C(=O)Nc1ccc(COC(=O)NCC(=O)Nc2ccc(C[C@@H](CC(C)(C)C(=O)O)NC(=O)c3csc([C@@H](C[C@H](C(C)C)N(CCCCCC)C(=O)[C@@H](NC(=O)[C@H]4CCCCN4CCO)[C@@H](C)CC)OCC)n3)cc2)cc1. The van der Waals surface area contributed by atoms with E-state index in [9.17, 15) is 77.6 Å². The number of para-hydroxylation sites is 1. The molecule has 1 saturated heterocycles. The molecule has 39 heteroatoms. The van der Waals surface area contributed by atoms with Crippen molar-refractivity contribution >= 4 is 124 Å². The van der Waals surface area contributed by atoms with Crippen LogP contribution in [-0.4, -0.2) is 261 Å². The lowest BCUT2D eigenvalue weighted by molar-refractivity contribution is -0.147. The molecule has 140 heavy (non-hydrogen) atoms. The quantitative estimate of drug-likeness (QED) is 0.0127. The highest BCUT2D eigenvalue weighted by Crippen LogP contribution is 2.35. The van der Waals surface area contributed by atoms with Crippen LogP contribution in [0.5, 0.6) is 0 Å². The molecule has 15 N–H and O–H groups in total. The van der Waals surface area contributed by atoms with E-state index >= 15 is 4.79 Å². The van der Waals surface area contributed by atoms with E-state index in [0.29, 0.717) is 73.9 Å². The largest absolute Gasteiger partial charge is 0.481 e. The molecule has 1 fully saturated rings. The summed E-state index contributed by atoms with van der Waals surface area (Å²) in [6, 6.07) is 20.8. The van der Waals surface area contributed by atoms with E-state index in [-0.39, 0.29) is 189 Å². The molecule has 0 bridgehead atoms. The topological polar surface area (TPSA) is 524 Å². The molecule has 0 unspecified atom stereocenters. The Kier molecular flexibility index (Phi) is 50.4. The number of aliphatic carboxylic acids is 2. The van der Waals surface area contributed by atoms with Gasteiger partial charge in [-0.1, -0.05) is 152 Å². The molecule has 768 valence electrons. The number of alkyl carbamates (subject to hydrolysis) is 1. The summed E-state index contributed by atoms with van der Waals surface area (Å²) >= 11 is 1.24. The number of piperidine rings is 1. The van der Waals surface area contributed by atoms with Crippen LogP contribution in [0.1, 0.15) is 221 Å². The number of anilines is 3. The fraction of sp³-hybridized carbons (Fsp3) is 0.554. The summed E-state index contributed by atoms with van der Waals surface area (Å²) in [6.45, 7) is 23.5. The zero-order chi connectivity index (χ0) is 102. The second-order valence-electron chi connectivity index (χ2n) is 35.9. The van der Waals surface area contributed by atoms with E-state index in [2.05, 4.69) is 80.5 Å². The molecule has 0 aliphatic carbocycles. The standard InChI is InChI=1S/C101H145N15O23S/c1-11-14-15-21-48-115(97(129)90(68(8)12-2)113-94(127)81-29-20-22-47-114(81)49-50-117)82(66(4)5)60-83(138-13-3)96-111-79(65-140-96)93(126)108-76(61-101(9,10)98(130)131)59-69-30-36-74(37-31-69)106-86(120)62-105-100(133)139-64-70-32-38-75(39-33-70)107-91(124)77(27-23-45-104-99(102)132)110-95(128)89(67(6)7)112-92(125)78(40-43-88(122)123)109-85(119)44-51-134-53-55-136-57-58-137-56-54-135-52-46-103-84(118)41-42-87(121)116-63-73-26-17-16-24-71(73)34-35-72-25-18-19-28-80(72)116/h16-19,24-26,28,30-39,65-66,68,76-78,81-83,89-90,117H,6,11-15,20-23,27,29,40-64H2,1-5,7-10H3,(H,103,118)(H,105,133)(H,106,120)(H,107,124)(H,108,126)(H,109,119)(H,110,128)(H,112,125)(H,113,127)(H,122,123)(H,130,131)(H3,102,104,132)/b35-34-/t68-,76-,77-,78-,81+,82+,83+,89-,90-/m0/s1. The number of hydrogen-bond acceptors (Lipinski definition) is 24. The maximum atomic E-state index is 15.2. The molecule has 5 aromatic rings. The van der Waals surface area contributed by atoms with Gasteiger partial charge in [0.25, 0.3) is 5.91 Å². The molecule has 3 heterocycles. The molecular weight excluding hydrogens is 1820 g/mol. The molecular formula is C101H145N15O23S. The Morgan fingerprint density at radius 1 is 0.650 bits per heavy atom. The zero-order valence-electron chi connectivity index (χ0n) is 82.2. The molecule has 2 aliphatic rings. The van der Waals surface area contributed by atoms with E-state index in [0.717, 1.165) is 60.9 Å². The molecule has 9 atom stereocenters. The molecule has 0 radical (unpaired) electrons. The van der Waals surface area contributed by atoms with Crippen molar-refractivity contribution in [2.75, 3.05) is 121 Å². The van der Waals surface area contributed by atoms with E-state index in [4.69, 9.17) is 39.1 Å². The normalized spacial score (nSPS) is 15.0. The van der Waals surface area contributed by atoms with Gasteiger partial charge in [0.1, 0.15) is 54.1 Å². The predicted molar refractivity (Wildman–Crippen MR) is 530 cm³/mol. The van der Waals surface area contributed by atoms with Gasteiger partial charge in [-0.2, -0.15) is 0 Å². The number of unbranched alkanes of at least 4 members (excludes halogenated alkanes) is 3. The van der Waals surface area contributed by atoms with Gasteiger partial charge in [0, 0.05) is 93.7 Å². The van der Waals surface area contributed by atoms with Gasteiger partial charge in [0.15, 0.2) is 0 Å². The summed E-state index contributed by atoms with van der Waals surface area (Å²) in [5.41, 5.74) is 9.65. The van der Waals surface area contributed by atoms with Crippen LogP contribution in [-0.2, 0) is 101 Å². The van der Waals surface area contributed by atoms with Crippen molar-refractivity contribution in [2.24, 2.45) is 23.0 Å². The molecule has 2 aliphatic heterocycles. The number of primary amides is 1. The summed E-state index contributed by atoms with van der Waals surface area (Å²) in [4.78, 5) is 197. The number of rotatable bonds is 64. The van der Waals surface area contributed by atoms with Gasteiger partial charge in [-0.15, -0.1) is 11.3 Å². The number of aliphatic hydroxyl groups is 1. The first-order chi connectivity index (χ1) is 67.1. The molecule has 13 amide bonds. The number of urea groups is 1. The van der Waals surface area contributed by atoms with E-state index < -0.39 is 120 Å². The van der Waals surface area contributed by atoms with Crippen LogP contribution < -0.4 is 63.8 Å². The van der Waals surface area contributed by atoms with Gasteiger partial charge in [-0.05, 0) is 161 Å². The van der Waals surface area contributed by atoms with E-state index in [1.807, 2.05) is 91.3 Å². The van der Waals surface area contributed by atoms with Gasteiger partial charge >= 0.3 is 24.1 Å². The predicted octanol–water partition coefficient (Wildman–Crippen LogP) is 9.48. The lowest BCUT2D eigenvalue weighted by atomic mass is 9.84. The van der Waals surface area contributed by atoms with Gasteiger partial charge in [-0.3, -0.25) is 62.4 Å². The lowest BCUT2D eigenvalue weighted by Gasteiger charge is -2.40. The number of thiazole rings is 1. The molecule has 4 aromatic carbocycles. The van der Waals surface area contributed by atoms with Crippen molar-refractivity contribution in [2.45, 2.75) is 239 Å². The first-order valence-electron chi connectivity index (χ1n) is 48.4. The minimum atomic E-state index is -1.50. The van der Waals surface area contributed by atoms with Crippen LogP contribution >= 0.6 is 11.3 Å². The second-order valence-corrected chi connectivity index (χ2v) is 36.8. The molecule has 0 saturated carbocycles. The summed E-state index contributed by atoms with van der Waals surface area (Å²) in [7, 11) is 0. The minimum Gasteiger partial charge on any atom is -0.481 e. The number of nitrogens with zero attached hydrogens (tertiary/aromatic N) is 4. The van der Waals surface area contributed by atoms with Gasteiger partial charge in [-0.25, -0.2) is 14.6 Å². The Morgan fingerprint density at radius 3 is 1.95 bits per heavy atom. The number of likely N-dealkylation sites (tertiary alicyclic amines) is 1. The Morgan fingerprint density at radius 2 is 1.30 bits per heavy atom. The number of ether oxygens (including phenoxy) is 6. The molecule has 1 aromatic heterocycles. The van der Waals surface area contributed by atoms with E-state index in [1.165, 1.54) is 42.5 Å². The number of carbonyl (C=O) groups excluding carboxylic acids is 12. The number of carboxylic acid groups (broad SMARTS) is 2. The third kappa shape index (κ3) is 40.2. The zero-order valence-corrected chi connectivity index (χ0v) is 83.0. The highest BCUT2D eigenvalue weighted by Gasteiger charge is 2.41. The van der Waals surface area contributed by atoms with Crippen LogP contribution in [0.15, 0.2) is 115 Å². The van der Waals surface area contributed by atoms with Crippen LogP contribution in [0, 0.1) is 17.3 Å². The fourth-order valence-corrected chi connectivity index (χ4v) is 16.9. The number of aromatic nitrogens is 1. The number of aliphatic hydroxyl groups excluding tert-OH is 1. The lowest BCUT2D eigenvalue weighted by Crippen LogP contribution is -2.59. The molecule has 0 spiro atoms. The number of β-amino-alcohol motifs (C(OH)–C–C–N with tert-alkyl or cyclic N) is 1. The third-order valence-corrected chi connectivity index (χ3v) is 25.0. The number of nitrogens with two attached hydrogens (primary N) is 1. The number of fused-ring (bicyclic) bond motifs is 2. The Balaban J connectivity index is 0.820. The smallest absolute Gasteiger partial charge is 0.407 e. The summed E-state index contributed by atoms with van der Waals surface area (Å²) in [5, 5.41) is 58.7. The number of carboxylic acids is 2. The maximum absolute atomic E-state index is 15.2. The monoisotopic (exact) mass is 1970 g/mol. The van der Waals surface area contributed by atoms with Crippen LogP contribution in [0.25, 0.3) is 12.2 Å². The first-order valence-corrected chi connectivity index (χ1v) is 49.3. The number of nitrogens with one attached hydrogen (secondary N) is 10. The van der Waals surface area contributed by atoms with Crippen molar-refractivity contribution < 1.29 is 111 Å². The van der Waals surface area contributed by atoms with Gasteiger partial charge in [0.05, 0.1) is 83.2 Å². The molecule has 38 nitrogen and oxygen atoms in total. The van der Waals surface area contributed by atoms with Crippen LogP contribution in [0.4, 0.5) is 26.7 Å². The summed E-state index contributed by atoms with van der Waals surface area (Å²) in [6.07, 6.45) is 8.68. The van der Waals surface area contributed by atoms with Crippen molar-refractivity contribution in [3.8, 4) is 0 Å². The Hall–Kier alpha value is -12.1. The third-order valence-electron chi connectivity index (χ3n) is 24.0.